The Balaban J connectivity index is 1.31. The lowest BCUT2D eigenvalue weighted by Crippen LogP contribution is -2.44. The van der Waals surface area contributed by atoms with Crippen molar-refractivity contribution in [1.29, 1.82) is 0 Å². The van der Waals surface area contributed by atoms with Crippen LogP contribution in [0.15, 0.2) is 41.0 Å². The summed E-state index contributed by atoms with van der Waals surface area (Å²) >= 11 is 2.79. The molecule has 3 aromatic rings. The van der Waals surface area contributed by atoms with Crippen LogP contribution < -0.4 is 14.8 Å². The second-order valence-corrected chi connectivity index (χ2v) is 8.09. The second-order valence-electron chi connectivity index (χ2n) is 7.30. The highest BCUT2D eigenvalue weighted by atomic mass is 79.9. The number of nitrogens with one attached hydrogen (secondary N) is 1. The van der Waals surface area contributed by atoms with Gasteiger partial charge in [0.05, 0.1) is 35.9 Å². The van der Waals surface area contributed by atoms with E-state index in [2.05, 4.69) is 31.2 Å². The number of carbonyl (C=O) groups excluding carboxylic acids is 1. The minimum atomic E-state index is -0.831. The monoisotopic (exact) mass is 507 g/mol. The highest BCUT2D eigenvalue weighted by Gasteiger charge is 2.25. The van der Waals surface area contributed by atoms with Gasteiger partial charge in [-0.25, -0.2) is 13.8 Å². The number of nitrogens with zero attached hydrogens (tertiary/aromatic N) is 2. The zero-order chi connectivity index (χ0) is 22.7. The molecule has 1 aromatic carbocycles. The molecule has 7 nitrogen and oxygen atoms in total. The Hall–Kier alpha value is -2.85. The van der Waals surface area contributed by atoms with Crippen molar-refractivity contribution in [3.05, 3.63) is 58.2 Å². The molecule has 4 rings (SSSR count). The molecule has 10 heteroatoms. The minimum Gasteiger partial charge on any atom is -0.488 e. The number of hydrogen-bond donors (Lipinski definition) is 1. The molecule has 1 amide bonds. The Morgan fingerprint density at radius 1 is 1.25 bits per heavy atom. The molecule has 2 aromatic heterocycles. The Bertz CT molecular complexity index is 1120. The number of methoxy groups -OCH3 is 1. The SMILES string of the molecule is COc1ccc2nccc(OC[C@@H]3CC[C@@H](NC(=O)c4cc(F)c(Br)c(F)c4)CO3)c2n1. The van der Waals surface area contributed by atoms with E-state index in [0.29, 0.717) is 42.1 Å². The summed E-state index contributed by atoms with van der Waals surface area (Å²) in [5, 5.41) is 2.75. The predicted octanol–water partition coefficient (Wildman–Crippen LogP) is 4.04. The van der Waals surface area contributed by atoms with E-state index < -0.39 is 17.5 Å². The van der Waals surface area contributed by atoms with Crippen LogP contribution in [0.4, 0.5) is 8.78 Å². The average molecular weight is 508 g/mol. The number of ether oxygens (including phenoxy) is 3. The van der Waals surface area contributed by atoms with Crippen molar-refractivity contribution in [2.75, 3.05) is 20.3 Å². The van der Waals surface area contributed by atoms with Crippen LogP contribution in [-0.4, -0.2) is 48.3 Å². The Morgan fingerprint density at radius 3 is 2.72 bits per heavy atom. The number of rotatable bonds is 6. The van der Waals surface area contributed by atoms with Crippen LogP contribution >= 0.6 is 15.9 Å². The van der Waals surface area contributed by atoms with Gasteiger partial charge < -0.3 is 19.5 Å². The van der Waals surface area contributed by atoms with Gasteiger partial charge in [0.1, 0.15) is 29.5 Å². The summed E-state index contributed by atoms with van der Waals surface area (Å²) in [6, 6.07) is 6.99. The van der Waals surface area contributed by atoms with Gasteiger partial charge in [0.2, 0.25) is 5.88 Å². The normalized spacial score (nSPS) is 18.4. The fraction of sp³-hybridized carbons (Fsp3) is 0.318. The molecule has 0 spiro atoms. The minimum absolute atomic E-state index is 0.0823. The number of aromatic nitrogens is 2. The first kappa shape index (κ1) is 22.3. The smallest absolute Gasteiger partial charge is 0.251 e. The summed E-state index contributed by atoms with van der Waals surface area (Å²) in [6.07, 6.45) is 2.77. The molecule has 0 bridgehead atoms. The number of carbonyl (C=O) groups is 1. The van der Waals surface area contributed by atoms with E-state index in [9.17, 15) is 13.6 Å². The zero-order valence-corrected chi connectivity index (χ0v) is 18.7. The second kappa shape index (κ2) is 9.74. The van der Waals surface area contributed by atoms with Gasteiger partial charge in [-0.05, 0) is 47.0 Å². The van der Waals surface area contributed by atoms with Crippen LogP contribution in [0.2, 0.25) is 0 Å². The first-order valence-corrected chi connectivity index (χ1v) is 10.7. The third kappa shape index (κ3) is 4.97. The van der Waals surface area contributed by atoms with Gasteiger partial charge >= 0.3 is 0 Å². The Labute approximate surface area is 191 Å². The van der Waals surface area contributed by atoms with Crippen LogP contribution in [0.5, 0.6) is 11.6 Å². The number of benzene rings is 1. The number of hydrogen-bond acceptors (Lipinski definition) is 6. The topological polar surface area (TPSA) is 82.6 Å². The van der Waals surface area contributed by atoms with Crippen molar-refractivity contribution in [3.63, 3.8) is 0 Å². The lowest BCUT2D eigenvalue weighted by Gasteiger charge is -2.29. The molecule has 0 aliphatic carbocycles. The molecule has 1 aliphatic heterocycles. The maximum Gasteiger partial charge on any atom is 0.251 e. The molecule has 1 N–H and O–H groups in total. The molecule has 0 radical (unpaired) electrons. The van der Waals surface area contributed by atoms with Gasteiger partial charge in [-0.1, -0.05) is 0 Å². The maximum absolute atomic E-state index is 13.7. The van der Waals surface area contributed by atoms with Gasteiger partial charge in [0.15, 0.2) is 0 Å². The summed E-state index contributed by atoms with van der Waals surface area (Å²) in [5.74, 6) is -1.17. The third-order valence-electron chi connectivity index (χ3n) is 5.11. The van der Waals surface area contributed by atoms with Gasteiger partial charge in [-0.15, -0.1) is 0 Å². The van der Waals surface area contributed by atoms with Crippen LogP contribution in [0.25, 0.3) is 11.0 Å². The van der Waals surface area contributed by atoms with Crippen molar-refractivity contribution in [2.24, 2.45) is 0 Å². The lowest BCUT2D eigenvalue weighted by atomic mass is 10.0. The zero-order valence-electron chi connectivity index (χ0n) is 17.1. The summed E-state index contributed by atoms with van der Waals surface area (Å²) in [5.41, 5.74) is 1.21. The number of fused-ring (bicyclic) bond motifs is 1. The van der Waals surface area contributed by atoms with Gasteiger partial charge in [-0.3, -0.25) is 9.78 Å². The van der Waals surface area contributed by atoms with E-state index in [4.69, 9.17) is 14.2 Å². The predicted molar refractivity (Wildman–Crippen MR) is 116 cm³/mol. The van der Waals surface area contributed by atoms with Crippen LogP contribution in [0, 0.1) is 11.6 Å². The van der Waals surface area contributed by atoms with E-state index in [1.54, 1.807) is 25.4 Å². The third-order valence-corrected chi connectivity index (χ3v) is 5.86. The molecule has 3 heterocycles. The maximum atomic E-state index is 13.7. The van der Waals surface area contributed by atoms with E-state index in [0.717, 1.165) is 12.1 Å². The fourth-order valence-corrected chi connectivity index (χ4v) is 3.63. The van der Waals surface area contributed by atoms with E-state index in [1.165, 1.54) is 0 Å². The first-order valence-electron chi connectivity index (χ1n) is 9.94. The molecule has 0 saturated carbocycles. The summed E-state index contributed by atoms with van der Waals surface area (Å²) in [7, 11) is 1.54. The molecule has 2 atom stereocenters. The molecular weight excluding hydrogens is 488 g/mol. The van der Waals surface area contributed by atoms with Crippen molar-refractivity contribution < 1.29 is 27.8 Å². The molecule has 168 valence electrons. The van der Waals surface area contributed by atoms with Crippen LogP contribution in [0.3, 0.4) is 0 Å². The Kier molecular flexibility index (Phi) is 6.80. The van der Waals surface area contributed by atoms with Crippen molar-refractivity contribution in [1.82, 2.24) is 15.3 Å². The summed E-state index contributed by atoms with van der Waals surface area (Å²) < 4.78 is 44.0. The molecule has 0 unspecified atom stereocenters. The lowest BCUT2D eigenvalue weighted by molar-refractivity contribution is -0.0248. The van der Waals surface area contributed by atoms with Gasteiger partial charge in [0, 0.05) is 23.9 Å². The van der Waals surface area contributed by atoms with Crippen molar-refractivity contribution in [3.8, 4) is 11.6 Å². The average Bonchev–Trinajstić information content (AvgIpc) is 2.81. The van der Waals surface area contributed by atoms with E-state index in [-0.39, 0.29) is 28.8 Å². The summed E-state index contributed by atoms with van der Waals surface area (Å²) in [6.45, 7) is 0.576. The molecular formula is C22H20BrF2N3O4. The van der Waals surface area contributed by atoms with Crippen LogP contribution in [0.1, 0.15) is 23.2 Å². The van der Waals surface area contributed by atoms with Gasteiger partial charge in [0.25, 0.3) is 5.91 Å². The molecule has 1 fully saturated rings. The molecule has 32 heavy (non-hydrogen) atoms. The fourth-order valence-electron chi connectivity index (χ4n) is 3.40. The highest BCUT2D eigenvalue weighted by molar-refractivity contribution is 9.10. The Morgan fingerprint density at radius 2 is 2.03 bits per heavy atom. The quantitative estimate of drug-likeness (QED) is 0.507. The van der Waals surface area contributed by atoms with E-state index >= 15 is 0 Å². The largest absolute Gasteiger partial charge is 0.488 e. The van der Waals surface area contributed by atoms with Gasteiger partial charge in [-0.2, -0.15) is 0 Å². The highest BCUT2D eigenvalue weighted by Crippen LogP contribution is 2.26. The number of pyridine rings is 2. The summed E-state index contributed by atoms with van der Waals surface area (Å²) in [4.78, 5) is 21.0. The molecule has 1 saturated heterocycles. The number of amides is 1. The van der Waals surface area contributed by atoms with E-state index in [1.807, 2.05) is 6.07 Å². The van der Waals surface area contributed by atoms with Crippen molar-refractivity contribution >= 4 is 32.9 Å². The van der Waals surface area contributed by atoms with Crippen LogP contribution in [-0.2, 0) is 4.74 Å². The van der Waals surface area contributed by atoms with Crippen molar-refractivity contribution in [2.45, 2.75) is 25.0 Å². The number of halogens is 3. The standard InChI is InChI=1S/C22H20BrF2N3O4/c1-30-19-5-4-17-21(28-19)18(6-7-26-17)32-11-14-3-2-13(10-31-14)27-22(29)12-8-15(24)20(23)16(25)9-12/h4-9,13-14H,2-3,10-11H2,1H3,(H,27,29)/t13-,14+/m1/s1. The molecule has 1 aliphatic rings. The first-order chi connectivity index (χ1) is 15.4.